The van der Waals surface area contributed by atoms with Gasteiger partial charge >= 0.3 is 5.97 Å². The standard InChI is InChI=1S/C22H30N2O6/c1-14(2)23-11-7-9-22-17(16-15(30-22)8-6-13-29-21(16)28)19(26)24(18(22)20(23)27)10-4-3-5-12-25/h6-9,14-18,25H,3-5,10-13H2,1-2H3/t15-,16+,17-,18?,22-/m0/s1. The van der Waals surface area contributed by atoms with E-state index in [9.17, 15) is 14.4 Å². The summed E-state index contributed by atoms with van der Waals surface area (Å²) in [6.07, 6.45) is 8.71. The molecule has 0 aromatic rings. The Balaban J connectivity index is 1.75. The number of nitrogens with zero attached hydrogens (tertiary/aromatic N) is 2. The summed E-state index contributed by atoms with van der Waals surface area (Å²) in [5, 5.41) is 9.06. The molecule has 1 N–H and O–H groups in total. The Hall–Kier alpha value is -2.19. The number of hydrogen-bond acceptors (Lipinski definition) is 6. The molecule has 4 heterocycles. The number of cyclic esters (lactones) is 1. The number of carbonyl (C=O) groups excluding carboxylic acids is 3. The lowest BCUT2D eigenvalue weighted by Gasteiger charge is -2.36. The molecule has 8 heteroatoms. The number of likely N-dealkylation sites (tertiary alicyclic amines) is 1. The van der Waals surface area contributed by atoms with Gasteiger partial charge in [0.2, 0.25) is 11.8 Å². The summed E-state index contributed by atoms with van der Waals surface area (Å²) >= 11 is 0. The summed E-state index contributed by atoms with van der Waals surface area (Å²) in [5.74, 6) is -2.38. The van der Waals surface area contributed by atoms with Crippen molar-refractivity contribution >= 4 is 17.8 Å². The van der Waals surface area contributed by atoms with Gasteiger partial charge in [-0.1, -0.05) is 18.2 Å². The van der Waals surface area contributed by atoms with E-state index in [1.807, 2.05) is 26.0 Å². The van der Waals surface area contributed by atoms with Crippen molar-refractivity contribution in [1.29, 1.82) is 0 Å². The van der Waals surface area contributed by atoms with Gasteiger partial charge in [0.1, 0.15) is 24.2 Å². The van der Waals surface area contributed by atoms with Crippen LogP contribution in [0, 0.1) is 11.8 Å². The van der Waals surface area contributed by atoms with E-state index in [1.54, 1.807) is 22.0 Å². The van der Waals surface area contributed by atoms with Gasteiger partial charge in [-0.25, -0.2) is 0 Å². The molecule has 30 heavy (non-hydrogen) atoms. The fraction of sp³-hybridized carbons (Fsp3) is 0.682. The first-order chi connectivity index (χ1) is 14.4. The molecule has 5 atom stereocenters. The van der Waals surface area contributed by atoms with Gasteiger partial charge in [-0.2, -0.15) is 0 Å². The van der Waals surface area contributed by atoms with Crippen molar-refractivity contribution in [2.45, 2.75) is 56.9 Å². The van der Waals surface area contributed by atoms with E-state index in [4.69, 9.17) is 14.6 Å². The number of aliphatic hydroxyl groups excluding tert-OH is 1. The maximum atomic E-state index is 13.6. The van der Waals surface area contributed by atoms with Gasteiger partial charge in [0.15, 0.2) is 0 Å². The van der Waals surface area contributed by atoms with Crippen LogP contribution in [0.15, 0.2) is 24.3 Å². The van der Waals surface area contributed by atoms with E-state index in [2.05, 4.69) is 0 Å². The largest absolute Gasteiger partial charge is 0.461 e. The normalized spacial score (nSPS) is 35.3. The van der Waals surface area contributed by atoms with E-state index in [0.29, 0.717) is 25.9 Å². The van der Waals surface area contributed by atoms with E-state index in [1.165, 1.54) is 0 Å². The van der Waals surface area contributed by atoms with Gasteiger partial charge in [0.05, 0.1) is 12.0 Å². The summed E-state index contributed by atoms with van der Waals surface area (Å²) in [7, 11) is 0. The average molecular weight is 418 g/mol. The Morgan fingerprint density at radius 2 is 1.97 bits per heavy atom. The van der Waals surface area contributed by atoms with E-state index < -0.39 is 35.6 Å². The van der Waals surface area contributed by atoms with Crippen LogP contribution in [0.5, 0.6) is 0 Å². The molecule has 0 aromatic carbocycles. The lowest BCUT2D eigenvalue weighted by Crippen LogP contribution is -2.56. The van der Waals surface area contributed by atoms with Crippen LogP contribution >= 0.6 is 0 Å². The van der Waals surface area contributed by atoms with Gasteiger partial charge in [-0.3, -0.25) is 14.4 Å². The van der Waals surface area contributed by atoms with Crippen LogP contribution in [-0.4, -0.2) is 82.8 Å². The quantitative estimate of drug-likeness (QED) is 0.387. The van der Waals surface area contributed by atoms with Crippen LogP contribution in [-0.2, 0) is 23.9 Å². The molecular formula is C22H30N2O6. The summed E-state index contributed by atoms with van der Waals surface area (Å²) in [6, 6.07) is -0.835. The first kappa shape index (κ1) is 21.1. The molecular weight excluding hydrogens is 388 g/mol. The molecule has 4 rings (SSSR count). The highest BCUT2D eigenvalue weighted by Gasteiger charge is 2.71. The van der Waals surface area contributed by atoms with E-state index >= 15 is 0 Å². The van der Waals surface area contributed by atoms with Crippen LogP contribution in [0.25, 0.3) is 0 Å². The highest BCUT2D eigenvalue weighted by molar-refractivity contribution is 5.99. The number of hydrogen-bond donors (Lipinski definition) is 1. The van der Waals surface area contributed by atoms with Crippen LogP contribution in [0.3, 0.4) is 0 Å². The minimum Gasteiger partial charge on any atom is -0.461 e. The van der Waals surface area contributed by atoms with E-state index in [-0.39, 0.29) is 31.1 Å². The fourth-order valence-electron chi connectivity index (χ4n) is 5.26. The number of esters is 1. The van der Waals surface area contributed by atoms with Crippen LogP contribution in [0.1, 0.15) is 33.1 Å². The highest BCUT2D eigenvalue weighted by atomic mass is 16.6. The van der Waals surface area contributed by atoms with Crippen molar-refractivity contribution in [3.8, 4) is 0 Å². The minimum absolute atomic E-state index is 0.0283. The van der Waals surface area contributed by atoms with Gasteiger partial charge in [-0.05, 0) is 39.2 Å². The monoisotopic (exact) mass is 418 g/mol. The zero-order valence-corrected chi connectivity index (χ0v) is 17.5. The first-order valence-electron chi connectivity index (χ1n) is 10.8. The molecule has 0 radical (unpaired) electrons. The maximum Gasteiger partial charge on any atom is 0.313 e. The third-order valence-electron chi connectivity index (χ3n) is 6.63. The van der Waals surface area contributed by atoms with Crippen LogP contribution in [0.4, 0.5) is 0 Å². The Labute approximate surface area is 176 Å². The van der Waals surface area contributed by atoms with Crippen LogP contribution in [0.2, 0.25) is 0 Å². The average Bonchev–Trinajstić information content (AvgIpc) is 2.99. The molecule has 2 amide bonds. The van der Waals surface area contributed by atoms with Gasteiger partial charge < -0.3 is 24.4 Å². The molecule has 1 unspecified atom stereocenters. The number of amides is 2. The number of fused-ring (bicyclic) bond motifs is 2. The Morgan fingerprint density at radius 3 is 2.70 bits per heavy atom. The van der Waals surface area contributed by atoms with E-state index in [0.717, 1.165) is 6.42 Å². The SMILES string of the molecule is CC(C)N1CC=C[C@]23O[C@H]4C=CCOC(=O)[C@H]4[C@H]2C(=O)N(CCCCCO)C3C1=O. The number of ether oxygens (including phenoxy) is 2. The molecule has 0 saturated carbocycles. The molecule has 164 valence electrons. The Kier molecular flexibility index (Phi) is 5.72. The lowest BCUT2D eigenvalue weighted by atomic mass is 9.78. The van der Waals surface area contributed by atoms with Crippen molar-refractivity contribution in [2.24, 2.45) is 11.8 Å². The first-order valence-corrected chi connectivity index (χ1v) is 10.8. The Morgan fingerprint density at radius 1 is 1.17 bits per heavy atom. The third-order valence-corrected chi connectivity index (χ3v) is 6.63. The third kappa shape index (κ3) is 3.17. The summed E-state index contributed by atoms with van der Waals surface area (Å²) in [6.45, 7) is 4.98. The van der Waals surface area contributed by atoms with Crippen molar-refractivity contribution in [3.63, 3.8) is 0 Å². The second kappa shape index (κ2) is 8.15. The molecule has 4 aliphatic heterocycles. The topological polar surface area (TPSA) is 96.4 Å². The zero-order valence-electron chi connectivity index (χ0n) is 17.5. The maximum absolute atomic E-state index is 13.6. The van der Waals surface area contributed by atoms with Gasteiger partial charge in [0.25, 0.3) is 0 Å². The molecule has 2 fully saturated rings. The Bertz CT molecular complexity index is 778. The summed E-state index contributed by atoms with van der Waals surface area (Å²) in [5.41, 5.74) is -1.18. The van der Waals surface area contributed by atoms with Crippen LogP contribution < -0.4 is 0 Å². The molecule has 0 aliphatic carbocycles. The number of rotatable bonds is 6. The van der Waals surface area contributed by atoms with Crippen molar-refractivity contribution in [3.05, 3.63) is 24.3 Å². The zero-order chi connectivity index (χ0) is 21.5. The molecule has 1 spiro atoms. The predicted molar refractivity (Wildman–Crippen MR) is 107 cm³/mol. The molecule has 0 bridgehead atoms. The number of aliphatic hydroxyl groups is 1. The predicted octanol–water partition coefficient (Wildman–Crippen LogP) is 0.650. The highest BCUT2D eigenvalue weighted by Crippen LogP contribution is 2.53. The fourth-order valence-corrected chi connectivity index (χ4v) is 5.26. The molecule has 4 aliphatic rings. The second-order valence-electron chi connectivity index (χ2n) is 8.70. The van der Waals surface area contributed by atoms with Crippen molar-refractivity contribution in [2.75, 3.05) is 26.3 Å². The second-order valence-corrected chi connectivity index (χ2v) is 8.70. The molecule has 8 nitrogen and oxygen atoms in total. The van der Waals surface area contributed by atoms with Gasteiger partial charge in [0, 0.05) is 25.7 Å². The number of unbranched alkanes of at least 4 members (excludes halogenated alkanes) is 2. The van der Waals surface area contributed by atoms with Gasteiger partial charge in [-0.15, -0.1) is 0 Å². The number of carbonyl (C=O) groups is 3. The summed E-state index contributed by atoms with van der Waals surface area (Å²) in [4.78, 5) is 43.4. The molecule has 0 aromatic heterocycles. The van der Waals surface area contributed by atoms with Crippen molar-refractivity contribution in [1.82, 2.24) is 9.80 Å². The lowest BCUT2D eigenvalue weighted by molar-refractivity contribution is -0.153. The smallest absolute Gasteiger partial charge is 0.313 e. The van der Waals surface area contributed by atoms with Crippen molar-refractivity contribution < 1.29 is 29.0 Å². The minimum atomic E-state index is -1.18. The molecule has 2 saturated heterocycles. The summed E-state index contributed by atoms with van der Waals surface area (Å²) < 4.78 is 11.7.